The molecule has 0 radical (unpaired) electrons. The normalized spacial score (nSPS) is 13.0. The van der Waals surface area contributed by atoms with E-state index in [1.165, 1.54) is 24.1 Å². The molecule has 1 unspecified atom stereocenters. The van der Waals surface area contributed by atoms with Crippen LogP contribution in [0.5, 0.6) is 0 Å². The van der Waals surface area contributed by atoms with E-state index in [1.807, 2.05) is 0 Å². The summed E-state index contributed by atoms with van der Waals surface area (Å²) in [5, 5.41) is 3.63. The Morgan fingerprint density at radius 3 is 1.95 bits per heavy atom. The molecule has 0 amide bonds. The van der Waals surface area contributed by atoms with Crippen LogP contribution in [0.25, 0.3) is 0 Å². The average molecular weight is 291 g/mol. The second kappa shape index (κ2) is 9.06. The van der Waals surface area contributed by atoms with Crippen LogP contribution in [0, 0.1) is 5.92 Å². The third-order valence-corrected chi connectivity index (χ3v) is 4.39. The summed E-state index contributed by atoms with van der Waals surface area (Å²) in [5.74, 6) is 0.767. The first-order chi connectivity index (χ1) is 9.99. The topological polar surface area (TPSA) is 18.5 Å². The highest BCUT2D eigenvalue weighted by Crippen LogP contribution is 2.17. The van der Waals surface area contributed by atoms with Crippen LogP contribution < -0.4 is 10.2 Å². The zero-order valence-corrected chi connectivity index (χ0v) is 14.7. The number of nitrogens with one attached hydrogen (secondary N) is 1. The average Bonchev–Trinajstić information content (AvgIpc) is 2.47. The molecule has 0 aliphatic carbocycles. The van der Waals surface area contributed by atoms with Crippen LogP contribution in [0.4, 0.5) is 5.69 Å². The van der Waals surface area contributed by atoms with Crippen LogP contribution in [0.1, 0.15) is 32.3 Å². The molecule has 120 valence electrons. The fourth-order valence-corrected chi connectivity index (χ4v) is 2.88. The van der Waals surface area contributed by atoms with Gasteiger partial charge in [0, 0.05) is 38.9 Å². The predicted octanol–water partition coefficient (Wildman–Crippen LogP) is 3.21. The Kier molecular flexibility index (Phi) is 7.76. The van der Waals surface area contributed by atoms with E-state index in [9.17, 15) is 0 Å². The van der Waals surface area contributed by atoms with E-state index in [0.717, 1.165) is 19.0 Å². The molecule has 1 aromatic carbocycles. The number of benzene rings is 1. The zero-order chi connectivity index (χ0) is 15.8. The van der Waals surface area contributed by atoms with E-state index in [0.29, 0.717) is 6.04 Å². The predicted molar refractivity (Wildman–Crippen MR) is 94.0 cm³/mol. The monoisotopic (exact) mass is 291 g/mol. The van der Waals surface area contributed by atoms with Crippen molar-refractivity contribution in [3.63, 3.8) is 0 Å². The molecule has 0 aliphatic rings. The van der Waals surface area contributed by atoms with E-state index >= 15 is 0 Å². The van der Waals surface area contributed by atoms with Gasteiger partial charge in [-0.3, -0.25) is 0 Å². The van der Waals surface area contributed by atoms with Gasteiger partial charge in [-0.25, -0.2) is 0 Å². The lowest BCUT2D eigenvalue weighted by Crippen LogP contribution is -2.42. The summed E-state index contributed by atoms with van der Waals surface area (Å²) in [6.07, 6.45) is 2.50. The smallest absolute Gasteiger partial charge is 0.0361 e. The van der Waals surface area contributed by atoms with Crippen molar-refractivity contribution < 1.29 is 0 Å². The van der Waals surface area contributed by atoms with Gasteiger partial charge in [0.2, 0.25) is 0 Å². The first-order valence-corrected chi connectivity index (χ1v) is 8.12. The number of nitrogens with zero attached hydrogens (tertiary/aromatic N) is 2. The molecule has 1 aromatic rings. The van der Waals surface area contributed by atoms with Gasteiger partial charge in [0.05, 0.1) is 0 Å². The van der Waals surface area contributed by atoms with E-state index in [4.69, 9.17) is 0 Å². The summed E-state index contributed by atoms with van der Waals surface area (Å²) < 4.78 is 0. The molecule has 1 atom stereocenters. The van der Waals surface area contributed by atoms with E-state index in [2.05, 4.69) is 81.4 Å². The molecule has 0 spiro atoms. The van der Waals surface area contributed by atoms with Gasteiger partial charge in [-0.1, -0.05) is 38.8 Å². The van der Waals surface area contributed by atoms with Gasteiger partial charge >= 0.3 is 0 Å². The second-order valence-corrected chi connectivity index (χ2v) is 6.30. The molecule has 0 fully saturated rings. The summed E-state index contributed by atoms with van der Waals surface area (Å²) in [5.41, 5.74) is 2.60. The van der Waals surface area contributed by atoms with Crippen LogP contribution in [0.15, 0.2) is 24.3 Å². The van der Waals surface area contributed by atoms with Crippen LogP contribution in [0.3, 0.4) is 0 Å². The molecule has 3 heteroatoms. The van der Waals surface area contributed by atoms with Crippen LogP contribution in [-0.2, 0) is 6.54 Å². The zero-order valence-electron chi connectivity index (χ0n) is 14.7. The summed E-state index contributed by atoms with van der Waals surface area (Å²) in [6.45, 7) is 6.59. The molecule has 3 nitrogen and oxygen atoms in total. The minimum Gasteiger partial charge on any atom is -0.378 e. The molecule has 0 bridgehead atoms. The first kappa shape index (κ1) is 18.0. The Morgan fingerprint density at radius 1 is 0.952 bits per heavy atom. The van der Waals surface area contributed by atoms with Gasteiger partial charge in [-0.15, -0.1) is 0 Å². The molecule has 0 aromatic heterocycles. The Morgan fingerprint density at radius 2 is 1.52 bits per heavy atom. The third kappa shape index (κ3) is 5.68. The Bertz CT molecular complexity index is 380. The summed E-state index contributed by atoms with van der Waals surface area (Å²) >= 11 is 0. The quantitative estimate of drug-likeness (QED) is 0.754. The van der Waals surface area contributed by atoms with E-state index in [1.54, 1.807) is 0 Å². The largest absolute Gasteiger partial charge is 0.378 e. The molecular formula is C18H33N3. The number of anilines is 1. The number of rotatable bonds is 9. The Labute approximate surface area is 131 Å². The highest BCUT2D eigenvalue weighted by molar-refractivity contribution is 5.45. The van der Waals surface area contributed by atoms with Gasteiger partial charge in [0.15, 0.2) is 0 Å². The van der Waals surface area contributed by atoms with Gasteiger partial charge in [0.25, 0.3) is 0 Å². The summed E-state index contributed by atoms with van der Waals surface area (Å²) in [4.78, 5) is 4.49. The van der Waals surface area contributed by atoms with Crippen LogP contribution in [-0.4, -0.2) is 45.7 Å². The van der Waals surface area contributed by atoms with E-state index in [-0.39, 0.29) is 0 Å². The molecular weight excluding hydrogens is 258 g/mol. The number of hydrogen-bond donors (Lipinski definition) is 1. The molecule has 21 heavy (non-hydrogen) atoms. The molecule has 0 saturated carbocycles. The lowest BCUT2D eigenvalue weighted by atomic mass is 9.93. The van der Waals surface area contributed by atoms with Gasteiger partial charge in [0.1, 0.15) is 0 Å². The van der Waals surface area contributed by atoms with Crippen molar-refractivity contribution in [2.45, 2.75) is 39.3 Å². The maximum atomic E-state index is 3.63. The maximum absolute atomic E-state index is 3.63. The van der Waals surface area contributed by atoms with Gasteiger partial charge < -0.3 is 15.1 Å². The lowest BCUT2D eigenvalue weighted by molar-refractivity contribution is 0.194. The van der Waals surface area contributed by atoms with Gasteiger partial charge in [-0.2, -0.15) is 0 Å². The first-order valence-electron chi connectivity index (χ1n) is 8.12. The van der Waals surface area contributed by atoms with Gasteiger partial charge in [-0.05, 0) is 37.7 Å². The fraction of sp³-hybridized carbons (Fsp3) is 0.667. The van der Waals surface area contributed by atoms with Crippen LogP contribution >= 0.6 is 0 Å². The Balaban J connectivity index is 2.50. The van der Waals surface area contributed by atoms with Crippen molar-refractivity contribution >= 4 is 5.69 Å². The molecule has 1 N–H and O–H groups in total. The van der Waals surface area contributed by atoms with Crippen molar-refractivity contribution in [2.75, 3.05) is 39.6 Å². The second-order valence-electron chi connectivity index (χ2n) is 6.30. The summed E-state index contributed by atoms with van der Waals surface area (Å²) in [7, 11) is 8.53. The molecule has 0 heterocycles. The van der Waals surface area contributed by atoms with Crippen molar-refractivity contribution in [1.29, 1.82) is 0 Å². The summed E-state index contributed by atoms with van der Waals surface area (Å²) in [6, 6.07) is 9.40. The minimum absolute atomic E-state index is 0.612. The molecule has 0 saturated heterocycles. The van der Waals surface area contributed by atoms with Crippen molar-refractivity contribution in [3.05, 3.63) is 29.8 Å². The number of likely N-dealkylation sites (N-methyl/N-ethyl adjacent to an activating group) is 1. The Hall–Kier alpha value is -1.06. The van der Waals surface area contributed by atoms with E-state index < -0.39 is 0 Å². The number of hydrogen-bond acceptors (Lipinski definition) is 3. The molecule has 0 aliphatic heterocycles. The SMILES string of the molecule is CCC(CC)C(CNCc1ccc(N(C)C)cc1)N(C)C. The highest BCUT2D eigenvalue weighted by atomic mass is 15.1. The van der Waals surface area contributed by atoms with Crippen molar-refractivity contribution in [1.82, 2.24) is 10.2 Å². The highest BCUT2D eigenvalue weighted by Gasteiger charge is 2.19. The standard InChI is InChI=1S/C18H33N3/c1-7-16(8-2)18(21(5)6)14-19-13-15-9-11-17(12-10-15)20(3)4/h9-12,16,18-19H,7-8,13-14H2,1-6H3. The lowest BCUT2D eigenvalue weighted by Gasteiger charge is -2.31. The maximum Gasteiger partial charge on any atom is 0.0361 e. The van der Waals surface area contributed by atoms with Crippen molar-refractivity contribution in [2.24, 2.45) is 5.92 Å². The minimum atomic E-state index is 0.612. The third-order valence-electron chi connectivity index (χ3n) is 4.39. The van der Waals surface area contributed by atoms with Crippen molar-refractivity contribution in [3.8, 4) is 0 Å². The molecule has 1 rings (SSSR count). The fourth-order valence-electron chi connectivity index (χ4n) is 2.88. The van der Waals surface area contributed by atoms with Crippen LogP contribution in [0.2, 0.25) is 0 Å².